The van der Waals surface area contributed by atoms with Crippen LogP contribution in [-0.2, 0) is 19.1 Å². The maximum Gasteiger partial charge on any atom is 0.306 e. The van der Waals surface area contributed by atoms with Crippen LogP contribution in [0.5, 0.6) is 0 Å². The molecule has 0 amide bonds. The normalized spacial score (nSPS) is 44.9. The molecule has 4 aliphatic carbocycles. The third kappa shape index (κ3) is 3.19. The summed E-state index contributed by atoms with van der Waals surface area (Å²) >= 11 is 0. The smallest absolute Gasteiger partial charge is 0.306 e. The van der Waals surface area contributed by atoms with Gasteiger partial charge in [0.1, 0.15) is 11.9 Å². The van der Waals surface area contributed by atoms with Crippen LogP contribution in [0, 0.1) is 34.5 Å². The van der Waals surface area contributed by atoms with Crippen molar-refractivity contribution in [1.29, 1.82) is 0 Å². The lowest BCUT2D eigenvalue weighted by molar-refractivity contribution is -0.163. The molecule has 0 heterocycles. The third-order valence-electron chi connectivity index (χ3n) is 9.17. The van der Waals surface area contributed by atoms with E-state index in [1.54, 1.807) is 0 Å². The topological polar surface area (TPSA) is 80.7 Å². The standard InChI is InChI=1S/C23H34O5/c1-22-11-9-15(28-21(27)8-7-20(25)26)13-14(22)3-4-16-17-5-6-19(24)23(17,2)12-10-18(16)22/h14-18H,3-13H2,1-2H3,(H,25,26)/t14-,15-,16+,17+,18+,22-,23-/m0/s1. The summed E-state index contributed by atoms with van der Waals surface area (Å²) in [7, 11) is 0. The number of hydrogen-bond acceptors (Lipinski definition) is 4. The lowest BCUT2D eigenvalue weighted by atomic mass is 9.45. The number of fused-ring (bicyclic) bond motifs is 5. The molecule has 1 N–H and O–H groups in total. The molecule has 5 heteroatoms. The van der Waals surface area contributed by atoms with Crippen LogP contribution in [-0.4, -0.2) is 28.9 Å². The Hall–Kier alpha value is -1.39. The summed E-state index contributed by atoms with van der Waals surface area (Å²) < 4.78 is 5.62. The number of carboxylic acids is 1. The van der Waals surface area contributed by atoms with Gasteiger partial charge >= 0.3 is 11.9 Å². The molecule has 156 valence electrons. The van der Waals surface area contributed by atoms with E-state index in [4.69, 9.17) is 9.84 Å². The summed E-state index contributed by atoms with van der Waals surface area (Å²) in [4.78, 5) is 35.1. The molecule has 5 nitrogen and oxygen atoms in total. The third-order valence-corrected chi connectivity index (χ3v) is 9.17. The Balaban J connectivity index is 1.41. The molecule has 0 aromatic carbocycles. The van der Waals surface area contributed by atoms with E-state index < -0.39 is 5.97 Å². The summed E-state index contributed by atoms with van der Waals surface area (Å²) in [6, 6.07) is 0. The highest BCUT2D eigenvalue weighted by Gasteiger charge is 2.60. The lowest BCUT2D eigenvalue weighted by Crippen LogP contribution is -2.54. The van der Waals surface area contributed by atoms with E-state index in [0.717, 1.165) is 38.5 Å². The van der Waals surface area contributed by atoms with E-state index in [1.165, 1.54) is 19.3 Å². The molecule has 0 radical (unpaired) electrons. The number of Topliss-reactive ketones (excluding diaryl/α,β-unsaturated/α-hetero) is 1. The highest BCUT2D eigenvalue weighted by molar-refractivity contribution is 5.87. The number of ether oxygens (including phenoxy) is 1. The molecule has 0 unspecified atom stereocenters. The Kier molecular flexibility index (Phi) is 5.08. The van der Waals surface area contributed by atoms with Crippen LogP contribution >= 0.6 is 0 Å². The summed E-state index contributed by atoms with van der Waals surface area (Å²) in [5, 5.41) is 8.74. The molecule has 0 aliphatic heterocycles. The van der Waals surface area contributed by atoms with Gasteiger partial charge in [0.15, 0.2) is 0 Å². The number of carboxylic acid groups (broad SMARTS) is 1. The SMILES string of the molecule is C[C@]12CC[C@H](OC(=O)CCC(=O)O)C[C@@H]1CC[C@H]1[C@H]2CC[C@]2(C)C(=O)CC[C@H]12. The maximum atomic E-state index is 12.5. The molecule has 4 saturated carbocycles. The number of aliphatic carboxylic acids is 1. The second kappa shape index (κ2) is 7.14. The van der Waals surface area contributed by atoms with Gasteiger partial charge in [-0.3, -0.25) is 14.4 Å². The number of hydrogen-bond donors (Lipinski definition) is 1. The van der Waals surface area contributed by atoms with E-state index in [2.05, 4.69) is 13.8 Å². The van der Waals surface area contributed by atoms with Gasteiger partial charge in [0, 0.05) is 11.8 Å². The summed E-state index contributed by atoms with van der Waals surface area (Å²) in [6.45, 7) is 4.68. The Morgan fingerprint density at radius 3 is 2.57 bits per heavy atom. The van der Waals surface area contributed by atoms with E-state index >= 15 is 0 Å². The average Bonchev–Trinajstić information content (AvgIpc) is 2.95. The zero-order chi connectivity index (χ0) is 20.1. The first-order valence-electron chi connectivity index (χ1n) is 11.2. The zero-order valence-corrected chi connectivity index (χ0v) is 17.2. The van der Waals surface area contributed by atoms with Crippen molar-refractivity contribution < 1.29 is 24.2 Å². The summed E-state index contributed by atoms with van der Waals surface area (Å²) in [6.07, 6.45) is 9.08. The predicted molar refractivity (Wildman–Crippen MR) is 103 cm³/mol. The highest BCUT2D eigenvalue weighted by Crippen LogP contribution is 2.65. The van der Waals surface area contributed by atoms with E-state index in [0.29, 0.717) is 34.9 Å². The minimum atomic E-state index is -0.957. The number of esters is 1. The molecule has 4 rings (SSSR count). The van der Waals surface area contributed by atoms with Crippen molar-refractivity contribution in [3.63, 3.8) is 0 Å². The van der Waals surface area contributed by atoms with Crippen LogP contribution in [0.25, 0.3) is 0 Å². The highest BCUT2D eigenvalue weighted by atomic mass is 16.5. The number of ketones is 1. The largest absolute Gasteiger partial charge is 0.481 e. The van der Waals surface area contributed by atoms with Crippen LogP contribution in [0.1, 0.15) is 84.5 Å². The fourth-order valence-corrected chi connectivity index (χ4v) is 7.55. The minimum Gasteiger partial charge on any atom is -0.481 e. The molecule has 4 aliphatic rings. The lowest BCUT2D eigenvalue weighted by Gasteiger charge is -2.60. The van der Waals surface area contributed by atoms with Gasteiger partial charge in [0.25, 0.3) is 0 Å². The summed E-state index contributed by atoms with van der Waals surface area (Å²) in [5.41, 5.74) is 0.223. The van der Waals surface area contributed by atoms with Gasteiger partial charge in [-0.2, -0.15) is 0 Å². The Morgan fingerprint density at radius 2 is 1.82 bits per heavy atom. The molecule has 7 atom stereocenters. The fraction of sp³-hybridized carbons (Fsp3) is 0.870. The molecule has 0 aromatic rings. The monoisotopic (exact) mass is 390 g/mol. The molecule has 0 bridgehead atoms. The Morgan fingerprint density at radius 1 is 1.04 bits per heavy atom. The van der Waals surface area contributed by atoms with E-state index in [1.807, 2.05) is 0 Å². The number of carbonyl (C=O) groups excluding carboxylic acids is 2. The van der Waals surface area contributed by atoms with E-state index in [-0.39, 0.29) is 30.3 Å². The van der Waals surface area contributed by atoms with Crippen molar-refractivity contribution in [3.8, 4) is 0 Å². The van der Waals surface area contributed by atoms with Crippen LogP contribution in [0.15, 0.2) is 0 Å². The van der Waals surface area contributed by atoms with Crippen LogP contribution < -0.4 is 0 Å². The molecule has 4 fully saturated rings. The van der Waals surface area contributed by atoms with Gasteiger partial charge < -0.3 is 9.84 Å². The van der Waals surface area contributed by atoms with Crippen LogP contribution in [0.3, 0.4) is 0 Å². The second-order valence-corrected chi connectivity index (χ2v) is 10.4. The molecule has 0 aromatic heterocycles. The zero-order valence-electron chi connectivity index (χ0n) is 17.2. The summed E-state index contributed by atoms with van der Waals surface area (Å²) in [5.74, 6) is 1.69. The van der Waals surface area contributed by atoms with Crippen molar-refractivity contribution in [2.75, 3.05) is 0 Å². The fourth-order valence-electron chi connectivity index (χ4n) is 7.55. The van der Waals surface area contributed by atoms with Gasteiger partial charge in [-0.15, -0.1) is 0 Å². The molecule has 0 saturated heterocycles. The van der Waals surface area contributed by atoms with Crippen molar-refractivity contribution in [3.05, 3.63) is 0 Å². The first-order chi connectivity index (χ1) is 13.2. The molecule has 28 heavy (non-hydrogen) atoms. The van der Waals surface area contributed by atoms with Crippen molar-refractivity contribution in [1.82, 2.24) is 0 Å². The van der Waals surface area contributed by atoms with E-state index in [9.17, 15) is 14.4 Å². The first kappa shape index (κ1) is 19.9. The van der Waals surface area contributed by atoms with Gasteiger partial charge in [0.05, 0.1) is 12.8 Å². The average molecular weight is 391 g/mol. The van der Waals surface area contributed by atoms with Crippen molar-refractivity contribution >= 4 is 17.7 Å². The number of rotatable bonds is 4. The Labute approximate surface area is 167 Å². The van der Waals surface area contributed by atoms with Crippen LogP contribution in [0.4, 0.5) is 0 Å². The van der Waals surface area contributed by atoms with Gasteiger partial charge in [-0.25, -0.2) is 0 Å². The van der Waals surface area contributed by atoms with Crippen molar-refractivity contribution in [2.45, 2.75) is 90.6 Å². The van der Waals surface area contributed by atoms with Gasteiger partial charge in [-0.05, 0) is 80.5 Å². The molecule has 0 spiro atoms. The molecular weight excluding hydrogens is 356 g/mol. The molecular formula is C23H34O5. The van der Waals surface area contributed by atoms with Gasteiger partial charge in [0.2, 0.25) is 0 Å². The van der Waals surface area contributed by atoms with Crippen molar-refractivity contribution in [2.24, 2.45) is 34.5 Å². The second-order valence-electron chi connectivity index (χ2n) is 10.4. The van der Waals surface area contributed by atoms with Gasteiger partial charge in [-0.1, -0.05) is 13.8 Å². The maximum absolute atomic E-state index is 12.5. The minimum absolute atomic E-state index is 0.0350. The predicted octanol–water partition coefficient (Wildman–Crippen LogP) is 4.37. The van der Waals surface area contributed by atoms with Crippen LogP contribution in [0.2, 0.25) is 0 Å². The Bertz CT molecular complexity index is 672. The number of carbonyl (C=O) groups is 3. The first-order valence-corrected chi connectivity index (χ1v) is 11.2. The quantitative estimate of drug-likeness (QED) is 0.721.